The monoisotopic (exact) mass is 269 g/mol. The summed E-state index contributed by atoms with van der Waals surface area (Å²) < 4.78 is 18.8. The summed E-state index contributed by atoms with van der Waals surface area (Å²) in [7, 11) is 1.63. The van der Waals surface area contributed by atoms with Crippen LogP contribution in [0.4, 0.5) is 4.39 Å². The number of rotatable bonds is 3. The molecule has 0 heterocycles. The van der Waals surface area contributed by atoms with Gasteiger partial charge in [0.15, 0.2) is 0 Å². The number of carbonyl (C=O) groups is 1. The quantitative estimate of drug-likeness (QED) is 0.827. The number of carbonyl (C=O) groups excluding carboxylic acids is 1. The van der Waals surface area contributed by atoms with E-state index in [1.54, 1.807) is 7.11 Å². The van der Waals surface area contributed by atoms with E-state index in [0.717, 1.165) is 19.3 Å². The average Bonchev–Trinajstić information content (AvgIpc) is 2.79. The molecule has 2 rings (SSSR count). The van der Waals surface area contributed by atoms with Gasteiger partial charge < -0.3 is 10.1 Å². The van der Waals surface area contributed by atoms with Crippen LogP contribution < -0.4 is 5.32 Å². The Hall–Kier alpha value is -1.07. The van der Waals surface area contributed by atoms with Crippen LogP contribution in [0.3, 0.4) is 0 Å². The molecule has 1 aliphatic carbocycles. The van der Waals surface area contributed by atoms with Crippen LogP contribution in [0.2, 0.25) is 0 Å². The van der Waals surface area contributed by atoms with Crippen LogP contribution in [-0.2, 0) is 4.74 Å². The number of thiol groups is 1. The van der Waals surface area contributed by atoms with Crippen molar-refractivity contribution < 1.29 is 13.9 Å². The molecule has 0 bridgehead atoms. The largest absolute Gasteiger partial charge is 0.379 e. The van der Waals surface area contributed by atoms with E-state index in [4.69, 9.17) is 4.74 Å². The van der Waals surface area contributed by atoms with E-state index >= 15 is 0 Å². The number of amides is 1. The predicted molar refractivity (Wildman–Crippen MR) is 69.6 cm³/mol. The van der Waals surface area contributed by atoms with Gasteiger partial charge in [0.25, 0.3) is 5.91 Å². The molecule has 1 saturated carbocycles. The van der Waals surface area contributed by atoms with Crippen LogP contribution in [0, 0.1) is 5.82 Å². The number of hydrogen-bond donors (Lipinski definition) is 2. The van der Waals surface area contributed by atoms with Crippen molar-refractivity contribution in [3.05, 3.63) is 29.6 Å². The second-order valence-electron chi connectivity index (χ2n) is 4.45. The number of nitrogens with one attached hydrogen (secondary N) is 1. The highest BCUT2D eigenvalue weighted by Gasteiger charge is 2.29. The first-order valence-electron chi connectivity index (χ1n) is 5.94. The van der Waals surface area contributed by atoms with Gasteiger partial charge in [-0.05, 0) is 37.5 Å². The van der Waals surface area contributed by atoms with Crippen molar-refractivity contribution in [1.29, 1.82) is 0 Å². The first-order chi connectivity index (χ1) is 8.61. The minimum Gasteiger partial charge on any atom is -0.379 e. The van der Waals surface area contributed by atoms with E-state index in [0.29, 0.717) is 4.90 Å². The first-order valence-corrected chi connectivity index (χ1v) is 6.38. The minimum absolute atomic E-state index is 0.0243. The lowest BCUT2D eigenvalue weighted by Crippen LogP contribution is -2.41. The zero-order valence-electron chi connectivity index (χ0n) is 10.1. The Morgan fingerprint density at radius 2 is 2.28 bits per heavy atom. The third kappa shape index (κ3) is 2.84. The van der Waals surface area contributed by atoms with Gasteiger partial charge in [0.1, 0.15) is 5.82 Å². The Kier molecular flexibility index (Phi) is 4.24. The smallest absolute Gasteiger partial charge is 0.254 e. The van der Waals surface area contributed by atoms with Crippen LogP contribution in [0.15, 0.2) is 23.1 Å². The SMILES string of the molecule is COC1CCCC1NC(=O)c1cc(S)ccc1F. The molecule has 2 unspecified atom stereocenters. The highest BCUT2D eigenvalue weighted by atomic mass is 32.1. The predicted octanol–water partition coefficient (Wildman–Crippen LogP) is 2.41. The molecule has 0 spiro atoms. The van der Waals surface area contributed by atoms with Crippen molar-refractivity contribution in [2.75, 3.05) is 7.11 Å². The fraction of sp³-hybridized carbons (Fsp3) is 0.462. The topological polar surface area (TPSA) is 38.3 Å². The molecule has 0 saturated heterocycles. The normalized spacial score (nSPS) is 23.1. The van der Waals surface area contributed by atoms with Gasteiger partial charge in [-0.25, -0.2) is 4.39 Å². The van der Waals surface area contributed by atoms with Crippen LogP contribution in [0.1, 0.15) is 29.6 Å². The molecule has 1 fully saturated rings. The van der Waals surface area contributed by atoms with E-state index < -0.39 is 11.7 Å². The van der Waals surface area contributed by atoms with E-state index in [1.807, 2.05) is 0 Å². The van der Waals surface area contributed by atoms with Crippen molar-refractivity contribution in [2.45, 2.75) is 36.3 Å². The van der Waals surface area contributed by atoms with Crippen molar-refractivity contribution >= 4 is 18.5 Å². The molecule has 3 nitrogen and oxygen atoms in total. The molecule has 5 heteroatoms. The van der Waals surface area contributed by atoms with Gasteiger partial charge in [-0.2, -0.15) is 0 Å². The lowest BCUT2D eigenvalue weighted by Gasteiger charge is -2.19. The Balaban J connectivity index is 2.09. The highest BCUT2D eigenvalue weighted by Crippen LogP contribution is 2.22. The average molecular weight is 269 g/mol. The van der Waals surface area contributed by atoms with Crippen LogP contribution in [0.25, 0.3) is 0 Å². The fourth-order valence-corrected chi connectivity index (χ4v) is 2.51. The number of ether oxygens (including phenoxy) is 1. The zero-order chi connectivity index (χ0) is 13.1. The van der Waals surface area contributed by atoms with Gasteiger partial charge in [0.2, 0.25) is 0 Å². The molecule has 1 aromatic carbocycles. The standard InChI is InChI=1S/C13H16FNO2S/c1-17-12-4-2-3-11(12)15-13(16)9-7-8(18)5-6-10(9)14/h5-7,11-12,18H,2-4H2,1H3,(H,15,16). The summed E-state index contributed by atoms with van der Waals surface area (Å²) in [6, 6.07) is 4.16. The van der Waals surface area contributed by atoms with Gasteiger partial charge in [0, 0.05) is 12.0 Å². The summed E-state index contributed by atoms with van der Waals surface area (Å²) in [6.07, 6.45) is 2.83. The van der Waals surface area contributed by atoms with Crippen LogP contribution in [-0.4, -0.2) is 25.2 Å². The van der Waals surface area contributed by atoms with Gasteiger partial charge in [0.05, 0.1) is 17.7 Å². The summed E-state index contributed by atoms with van der Waals surface area (Å²) in [4.78, 5) is 12.6. The van der Waals surface area contributed by atoms with Crippen LogP contribution in [0.5, 0.6) is 0 Å². The second-order valence-corrected chi connectivity index (χ2v) is 4.97. The highest BCUT2D eigenvalue weighted by molar-refractivity contribution is 7.80. The maximum atomic E-state index is 13.5. The number of halogens is 1. The van der Waals surface area contributed by atoms with Gasteiger partial charge in [-0.1, -0.05) is 0 Å². The van der Waals surface area contributed by atoms with E-state index in [-0.39, 0.29) is 17.7 Å². The Labute approximate surface area is 111 Å². The molecular weight excluding hydrogens is 253 g/mol. The number of hydrogen-bond acceptors (Lipinski definition) is 3. The number of methoxy groups -OCH3 is 1. The molecule has 0 aliphatic heterocycles. The van der Waals surface area contributed by atoms with Crippen LogP contribution >= 0.6 is 12.6 Å². The van der Waals surface area contributed by atoms with Crippen molar-refractivity contribution in [1.82, 2.24) is 5.32 Å². The van der Waals surface area contributed by atoms with E-state index in [2.05, 4.69) is 17.9 Å². The summed E-state index contributed by atoms with van der Waals surface area (Å²) in [6.45, 7) is 0. The summed E-state index contributed by atoms with van der Waals surface area (Å²) in [5.41, 5.74) is 0.0317. The van der Waals surface area contributed by atoms with Gasteiger partial charge >= 0.3 is 0 Å². The lowest BCUT2D eigenvalue weighted by atomic mass is 10.1. The van der Waals surface area contributed by atoms with Crippen molar-refractivity contribution in [2.24, 2.45) is 0 Å². The molecular formula is C13H16FNO2S. The molecule has 98 valence electrons. The van der Waals surface area contributed by atoms with Crippen molar-refractivity contribution in [3.8, 4) is 0 Å². The zero-order valence-corrected chi connectivity index (χ0v) is 11.0. The maximum Gasteiger partial charge on any atom is 0.254 e. The Bertz CT molecular complexity index is 453. The third-order valence-electron chi connectivity index (χ3n) is 3.27. The van der Waals surface area contributed by atoms with Gasteiger partial charge in [-0.15, -0.1) is 12.6 Å². The fourth-order valence-electron chi connectivity index (χ4n) is 2.31. The van der Waals surface area contributed by atoms with Crippen molar-refractivity contribution in [3.63, 3.8) is 0 Å². The molecule has 1 aromatic rings. The first kappa shape index (κ1) is 13.4. The summed E-state index contributed by atoms with van der Waals surface area (Å²) in [5.74, 6) is -0.936. The minimum atomic E-state index is -0.530. The molecule has 1 N–H and O–H groups in total. The summed E-state index contributed by atoms with van der Waals surface area (Å²) in [5, 5.41) is 2.83. The molecule has 2 atom stereocenters. The lowest BCUT2D eigenvalue weighted by molar-refractivity contribution is 0.0719. The molecule has 0 aromatic heterocycles. The molecule has 1 aliphatic rings. The third-order valence-corrected chi connectivity index (χ3v) is 3.54. The summed E-state index contributed by atoms with van der Waals surface area (Å²) >= 11 is 4.11. The van der Waals surface area contributed by atoms with Gasteiger partial charge in [-0.3, -0.25) is 4.79 Å². The number of benzene rings is 1. The Morgan fingerprint density at radius 3 is 3.00 bits per heavy atom. The Morgan fingerprint density at radius 1 is 1.50 bits per heavy atom. The molecule has 0 radical (unpaired) electrons. The van der Waals surface area contributed by atoms with E-state index in [1.165, 1.54) is 18.2 Å². The molecule has 18 heavy (non-hydrogen) atoms. The maximum absolute atomic E-state index is 13.5. The van der Waals surface area contributed by atoms with E-state index in [9.17, 15) is 9.18 Å². The second kappa shape index (κ2) is 5.71. The molecule has 1 amide bonds.